The second kappa shape index (κ2) is 9.39. The summed E-state index contributed by atoms with van der Waals surface area (Å²) >= 11 is 0. The lowest BCUT2D eigenvalue weighted by molar-refractivity contribution is -0.116. The molecule has 0 aliphatic rings. The minimum atomic E-state index is -3.32. The number of amides is 1. The van der Waals surface area contributed by atoms with Gasteiger partial charge in [0.05, 0.1) is 18.9 Å². The third kappa shape index (κ3) is 6.67. The number of methoxy groups -OCH3 is 1. The topological polar surface area (TPSA) is 92.8 Å². The number of benzene rings is 1. The monoisotopic (exact) mass is 356 g/mol. The van der Waals surface area contributed by atoms with Gasteiger partial charge in [-0.25, -0.2) is 17.5 Å². The Morgan fingerprint density at radius 2 is 1.79 bits per heavy atom. The number of nitrogens with zero attached hydrogens (tertiary/aromatic N) is 1. The number of ether oxygens (including phenoxy) is 1. The van der Waals surface area contributed by atoms with E-state index >= 15 is 0 Å². The van der Waals surface area contributed by atoms with Gasteiger partial charge in [-0.2, -0.15) is 0 Å². The second-order valence-electron chi connectivity index (χ2n) is 5.38. The van der Waals surface area contributed by atoms with E-state index in [4.69, 9.17) is 0 Å². The highest BCUT2D eigenvalue weighted by Gasteiger charge is 2.17. The molecule has 0 saturated heterocycles. The van der Waals surface area contributed by atoms with Crippen molar-refractivity contribution in [1.82, 2.24) is 4.31 Å². The number of rotatable bonds is 9. The SMILES string of the molecule is CCCCN(CCC(=O)Nc1ccc(C(=O)OC)cc1)S(C)(=O)=O. The fourth-order valence-corrected chi connectivity index (χ4v) is 2.92. The van der Waals surface area contributed by atoms with E-state index < -0.39 is 16.0 Å². The Kier molecular flexibility index (Phi) is 7.87. The van der Waals surface area contributed by atoms with Crippen LogP contribution in [0, 0.1) is 0 Å². The first kappa shape index (κ1) is 20.1. The molecular formula is C16H24N2O5S. The molecule has 24 heavy (non-hydrogen) atoms. The fourth-order valence-electron chi connectivity index (χ4n) is 2.04. The lowest BCUT2D eigenvalue weighted by Gasteiger charge is -2.19. The van der Waals surface area contributed by atoms with E-state index in [2.05, 4.69) is 10.1 Å². The zero-order chi connectivity index (χ0) is 18.2. The summed E-state index contributed by atoms with van der Waals surface area (Å²) in [5, 5.41) is 2.68. The van der Waals surface area contributed by atoms with Crippen LogP contribution >= 0.6 is 0 Å². The summed E-state index contributed by atoms with van der Waals surface area (Å²) in [6.45, 7) is 2.53. The highest BCUT2D eigenvalue weighted by atomic mass is 32.2. The molecule has 1 aromatic rings. The maximum absolute atomic E-state index is 12.0. The molecule has 0 heterocycles. The third-order valence-electron chi connectivity index (χ3n) is 3.41. The Hall–Kier alpha value is -1.93. The zero-order valence-corrected chi connectivity index (χ0v) is 15.1. The molecule has 0 fully saturated rings. The van der Waals surface area contributed by atoms with Gasteiger partial charge in [-0.15, -0.1) is 0 Å². The van der Waals surface area contributed by atoms with E-state index in [1.54, 1.807) is 24.3 Å². The molecular weight excluding hydrogens is 332 g/mol. The van der Waals surface area contributed by atoms with Crippen molar-refractivity contribution in [2.75, 3.05) is 31.8 Å². The van der Waals surface area contributed by atoms with Crippen LogP contribution in [0.4, 0.5) is 5.69 Å². The smallest absolute Gasteiger partial charge is 0.337 e. The van der Waals surface area contributed by atoms with Gasteiger partial charge in [0, 0.05) is 25.2 Å². The van der Waals surface area contributed by atoms with Gasteiger partial charge in [-0.3, -0.25) is 4.79 Å². The molecule has 7 nitrogen and oxygen atoms in total. The summed E-state index contributed by atoms with van der Waals surface area (Å²) < 4.78 is 29.3. The number of anilines is 1. The summed E-state index contributed by atoms with van der Waals surface area (Å²) in [7, 11) is -2.03. The van der Waals surface area contributed by atoms with Crippen LogP contribution in [0.15, 0.2) is 24.3 Å². The van der Waals surface area contributed by atoms with Crippen molar-refractivity contribution in [2.45, 2.75) is 26.2 Å². The average molecular weight is 356 g/mol. The number of nitrogens with one attached hydrogen (secondary N) is 1. The summed E-state index contributed by atoms with van der Waals surface area (Å²) in [5.74, 6) is -0.737. The molecule has 1 aromatic carbocycles. The molecule has 0 aromatic heterocycles. The predicted molar refractivity (Wildman–Crippen MR) is 92.4 cm³/mol. The first-order valence-electron chi connectivity index (χ1n) is 7.71. The Labute approximate surface area is 143 Å². The van der Waals surface area contributed by atoms with Gasteiger partial charge in [0.2, 0.25) is 15.9 Å². The first-order valence-corrected chi connectivity index (χ1v) is 9.56. The van der Waals surface area contributed by atoms with Crippen LogP contribution < -0.4 is 5.32 Å². The zero-order valence-electron chi connectivity index (χ0n) is 14.2. The maximum atomic E-state index is 12.0. The number of carbonyl (C=O) groups excluding carboxylic acids is 2. The molecule has 1 rings (SSSR count). The van der Waals surface area contributed by atoms with Crippen molar-refractivity contribution in [1.29, 1.82) is 0 Å². The molecule has 0 atom stereocenters. The molecule has 8 heteroatoms. The number of esters is 1. The minimum absolute atomic E-state index is 0.0650. The van der Waals surface area contributed by atoms with Gasteiger partial charge in [-0.1, -0.05) is 13.3 Å². The van der Waals surface area contributed by atoms with Crippen LogP contribution in [0.25, 0.3) is 0 Å². The summed E-state index contributed by atoms with van der Waals surface area (Å²) in [4.78, 5) is 23.3. The highest BCUT2D eigenvalue weighted by Crippen LogP contribution is 2.11. The molecule has 0 saturated carbocycles. The third-order valence-corrected chi connectivity index (χ3v) is 4.71. The lowest BCUT2D eigenvalue weighted by atomic mass is 10.2. The van der Waals surface area contributed by atoms with Crippen LogP contribution in [-0.2, 0) is 19.6 Å². The molecule has 0 aliphatic carbocycles. The molecule has 0 radical (unpaired) electrons. The van der Waals surface area contributed by atoms with Crippen LogP contribution in [-0.4, -0.2) is 51.1 Å². The number of unbranched alkanes of at least 4 members (excludes halogenated alkanes) is 1. The summed E-state index contributed by atoms with van der Waals surface area (Å²) in [6.07, 6.45) is 2.84. The van der Waals surface area contributed by atoms with Crippen LogP contribution in [0.3, 0.4) is 0 Å². The van der Waals surface area contributed by atoms with Crippen molar-refractivity contribution in [3.05, 3.63) is 29.8 Å². The Morgan fingerprint density at radius 3 is 2.29 bits per heavy atom. The molecule has 0 bridgehead atoms. The molecule has 0 unspecified atom stereocenters. The van der Waals surface area contributed by atoms with Crippen molar-refractivity contribution in [3.63, 3.8) is 0 Å². The number of carbonyl (C=O) groups is 2. The predicted octanol–water partition coefficient (Wildman–Crippen LogP) is 1.86. The van der Waals surface area contributed by atoms with Crippen molar-refractivity contribution >= 4 is 27.6 Å². The van der Waals surface area contributed by atoms with Gasteiger partial charge in [0.15, 0.2) is 0 Å². The molecule has 0 aliphatic heterocycles. The minimum Gasteiger partial charge on any atom is -0.465 e. The van der Waals surface area contributed by atoms with E-state index in [1.165, 1.54) is 11.4 Å². The average Bonchev–Trinajstić information content (AvgIpc) is 2.53. The van der Waals surface area contributed by atoms with Gasteiger partial charge >= 0.3 is 5.97 Å². The fraction of sp³-hybridized carbons (Fsp3) is 0.500. The van der Waals surface area contributed by atoms with Crippen LogP contribution in [0.1, 0.15) is 36.5 Å². The Bertz CT molecular complexity index is 656. The Balaban J connectivity index is 2.57. The Morgan fingerprint density at radius 1 is 1.17 bits per heavy atom. The quantitative estimate of drug-likeness (QED) is 0.682. The maximum Gasteiger partial charge on any atom is 0.337 e. The van der Waals surface area contributed by atoms with Crippen molar-refractivity contribution < 1.29 is 22.7 Å². The van der Waals surface area contributed by atoms with Crippen LogP contribution in [0.5, 0.6) is 0 Å². The second-order valence-corrected chi connectivity index (χ2v) is 7.37. The largest absolute Gasteiger partial charge is 0.465 e. The van der Waals surface area contributed by atoms with E-state index in [0.717, 1.165) is 19.1 Å². The van der Waals surface area contributed by atoms with Gasteiger partial charge in [0.1, 0.15) is 0 Å². The van der Waals surface area contributed by atoms with Crippen LogP contribution in [0.2, 0.25) is 0 Å². The molecule has 134 valence electrons. The van der Waals surface area contributed by atoms with Gasteiger partial charge in [0.25, 0.3) is 0 Å². The van der Waals surface area contributed by atoms with E-state index in [1.807, 2.05) is 6.92 Å². The number of sulfonamides is 1. The van der Waals surface area contributed by atoms with Crippen molar-refractivity contribution in [2.24, 2.45) is 0 Å². The van der Waals surface area contributed by atoms with Crippen molar-refractivity contribution in [3.8, 4) is 0 Å². The highest BCUT2D eigenvalue weighted by molar-refractivity contribution is 7.88. The molecule has 1 amide bonds. The van der Waals surface area contributed by atoms with E-state index in [9.17, 15) is 18.0 Å². The molecule has 0 spiro atoms. The first-order chi connectivity index (χ1) is 11.3. The number of hydrogen-bond acceptors (Lipinski definition) is 5. The van der Waals surface area contributed by atoms with Gasteiger partial charge in [-0.05, 0) is 30.7 Å². The van der Waals surface area contributed by atoms with E-state index in [-0.39, 0.29) is 18.9 Å². The van der Waals surface area contributed by atoms with E-state index in [0.29, 0.717) is 17.8 Å². The summed E-state index contributed by atoms with van der Waals surface area (Å²) in [6, 6.07) is 6.28. The normalized spacial score (nSPS) is 11.3. The van der Waals surface area contributed by atoms with Gasteiger partial charge < -0.3 is 10.1 Å². The summed E-state index contributed by atoms with van der Waals surface area (Å²) in [5.41, 5.74) is 0.922. The molecule has 1 N–H and O–H groups in total. The standard InChI is InChI=1S/C16H24N2O5S/c1-4-5-11-18(24(3,21)22)12-10-15(19)17-14-8-6-13(7-9-14)16(20)23-2/h6-9H,4-5,10-12H2,1-3H3,(H,17,19). The lowest BCUT2D eigenvalue weighted by Crippen LogP contribution is -2.33. The number of hydrogen-bond donors (Lipinski definition) is 1.